The maximum atomic E-state index is 12.5. The molecular weight excluding hydrogens is 276 g/mol. The average Bonchev–Trinajstić information content (AvgIpc) is 2.38. The summed E-state index contributed by atoms with van der Waals surface area (Å²) in [7, 11) is -3.45. The number of carbonyl (C=O) groups is 1. The van der Waals surface area contributed by atoms with Crippen LogP contribution in [0.4, 0.5) is 5.69 Å². The Hall–Kier alpha value is -1.40. The van der Waals surface area contributed by atoms with E-state index < -0.39 is 10.0 Å². The van der Waals surface area contributed by atoms with Crippen molar-refractivity contribution in [3.8, 4) is 0 Å². The smallest absolute Gasteiger partial charge is 0.243 e. The number of nitrogens with one attached hydrogen (secondary N) is 1. The molecule has 112 valence electrons. The summed E-state index contributed by atoms with van der Waals surface area (Å²) in [4.78, 5) is 11.2. The van der Waals surface area contributed by atoms with Crippen molar-refractivity contribution in [1.29, 1.82) is 0 Å². The Balaban J connectivity index is 2.98. The van der Waals surface area contributed by atoms with Gasteiger partial charge in [0.15, 0.2) is 0 Å². The highest BCUT2D eigenvalue weighted by Gasteiger charge is 2.22. The molecule has 0 aromatic heterocycles. The van der Waals surface area contributed by atoms with Crippen LogP contribution in [0.3, 0.4) is 0 Å². The van der Waals surface area contributed by atoms with Gasteiger partial charge in [0.25, 0.3) is 0 Å². The van der Waals surface area contributed by atoms with Crippen molar-refractivity contribution in [2.45, 2.75) is 38.5 Å². The second kappa shape index (κ2) is 7.40. The first-order chi connectivity index (χ1) is 9.41. The summed E-state index contributed by atoms with van der Waals surface area (Å²) in [6.07, 6.45) is 1.56. The topological polar surface area (TPSA) is 66.5 Å². The van der Waals surface area contributed by atoms with E-state index in [2.05, 4.69) is 5.32 Å². The van der Waals surface area contributed by atoms with Crippen molar-refractivity contribution in [2.75, 3.05) is 18.4 Å². The van der Waals surface area contributed by atoms with E-state index >= 15 is 0 Å². The van der Waals surface area contributed by atoms with Gasteiger partial charge in [0.05, 0.1) is 4.90 Å². The molecule has 0 aliphatic heterocycles. The standard InChI is InChI=1S/C14H22N2O3S/c1-4-10-16(11-5-2)20(18,19)14-8-6-13(7-9-14)15-12(3)17/h6-9H,4-5,10-11H2,1-3H3,(H,15,17). The first-order valence-corrected chi connectivity index (χ1v) is 8.23. The van der Waals surface area contributed by atoms with Crippen molar-refractivity contribution in [2.24, 2.45) is 0 Å². The number of anilines is 1. The van der Waals surface area contributed by atoms with Crippen LogP contribution in [0.5, 0.6) is 0 Å². The third-order valence-corrected chi connectivity index (χ3v) is 4.67. The fourth-order valence-corrected chi connectivity index (χ4v) is 3.54. The van der Waals surface area contributed by atoms with Crippen LogP contribution in [-0.2, 0) is 14.8 Å². The van der Waals surface area contributed by atoms with Crippen molar-refractivity contribution < 1.29 is 13.2 Å². The zero-order valence-corrected chi connectivity index (χ0v) is 13.0. The number of benzene rings is 1. The van der Waals surface area contributed by atoms with Crippen LogP contribution in [0.1, 0.15) is 33.6 Å². The minimum atomic E-state index is -3.45. The van der Waals surface area contributed by atoms with Crippen molar-refractivity contribution in [3.05, 3.63) is 24.3 Å². The van der Waals surface area contributed by atoms with Crippen LogP contribution in [0, 0.1) is 0 Å². The molecule has 0 saturated heterocycles. The second-order valence-corrected chi connectivity index (χ2v) is 6.55. The lowest BCUT2D eigenvalue weighted by Crippen LogP contribution is -2.32. The number of hydrogen-bond donors (Lipinski definition) is 1. The highest BCUT2D eigenvalue weighted by Crippen LogP contribution is 2.19. The lowest BCUT2D eigenvalue weighted by Gasteiger charge is -2.21. The van der Waals surface area contributed by atoms with Gasteiger partial charge in [-0.1, -0.05) is 13.8 Å². The van der Waals surface area contributed by atoms with Gasteiger partial charge in [0.2, 0.25) is 15.9 Å². The van der Waals surface area contributed by atoms with Crippen LogP contribution < -0.4 is 5.32 Å². The molecule has 20 heavy (non-hydrogen) atoms. The first kappa shape index (κ1) is 16.7. The Morgan fingerprint density at radius 3 is 2.00 bits per heavy atom. The molecule has 6 heteroatoms. The summed E-state index contributed by atoms with van der Waals surface area (Å²) in [5.74, 6) is -0.181. The molecule has 1 aromatic carbocycles. The number of hydrogen-bond acceptors (Lipinski definition) is 3. The van der Waals surface area contributed by atoms with Gasteiger partial charge >= 0.3 is 0 Å². The van der Waals surface area contributed by atoms with Gasteiger partial charge < -0.3 is 5.32 Å². The van der Waals surface area contributed by atoms with E-state index in [9.17, 15) is 13.2 Å². The molecule has 0 aliphatic rings. The van der Waals surface area contributed by atoms with Crippen LogP contribution >= 0.6 is 0 Å². The van der Waals surface area contributed by atoms with E-state index in [1.807, 2.05) is 13.8 Å². The molecule has 0 saturated carbocycles. The maximum Gasteiger partial charge on any atom is 0.243 e. The van der Waals surface area contributed by atoms with Gasteiger partial charge in [-0.05, 0) is 37.1 Å². The quantitative estimate of drug-likeness (QED) is 0.841. The molecule has 0 spiro atoms. The van der Waals surface area contributed by atoms with E-state index in [4.69, 9.17) is 0 Å². The highest BCUT2D eigenvalue weighted by atomic mass is 32.2. The maximum absolute atomic E-state index is 12.5. The van der Waals surface area contributed by atoms with Crippen LogP contribution in [0.2, 0.25) is 0 Å². The number of rotatable bonds is 7. The number of sulfonamides is 1. The molecule has 0 atom stereocenters. The molecule has 0 radical (unpaired) electrons. The predicted molar refractivity (Wildman–Crippen MR) is 80.1 cm³/mol. The monoisotopic (exact) mass is 298 g/mol. The van der Waals surface area contributed by atoms with Gasteiger partial charge in [-0.2, -0.15) is 4.31 Å². The fourth-order valence-electron chi connectivity index (χ4n) is 1.91. The number of amides is 1. The summed E-state index contributed by atoms with van der Waals surface area (Å²) in [5.41, 5.74) is 0.592. The largest absolute Gasteiger partial charge is 0.326 e. The Labute approximate surface area is 121 Å². The average molecular weight is 298 g/mol. The molecular formula is C14H22N2O3S. The van der Waals surface area contributed by atoms with Crippen LogP contribution in [0.15, 0.2) is 29.2 Å². The Morgan fingerprint density at radius 1 is 1.10 bits per heavy atom. The Bertz CT molecular complexity index is 532. The third-order valence-electron chi connectivity index (χ3n) is 2.76. The molecule has 0 heterocycles. The van der Waals surface area contributed by atoms with Gasteiger partial charge in [0.1, 0.15) is 0 Å². The fraction of sp³-hybridized carbons (Fsp3) is 0.500. The minimum absolute atomic E-state index is 0.181. The van der Waals surface area contributed by atoms with Crippen molar-refractivity contribution >= 4 is 21.6 Å². The molecule has 1 N–H and O–H groups in total. The normalized spacial score (nSPS) is 11.6. The highest BCUT2D eigenvalue weighted by molar-refractivity contribution is 7.89. The molecule has 1 rings (SSSR count). The predicted octanol–water partition coefficient (Wildman–Crippen LogP) is 2.46. The summed E-state index contributed by atoms with van der Waals surface area (Å²) in [6.45, 7) is 6.36. The lowest BCUT2D eigenvalue weighted by molar-refractivity contribution is -0.114. The van der Waals surface area contributed by atoms with E-state index in [-0.39, 0.29) is 10.8 Å². The van der Waals surface area contributed by atoms with Crippen molar-refractivity contribution in [3.63, 3.8) is 0 Å². The molecule has 0 aliphatic carbocycles. The third kappa shape index (κ3) is 4.31. The van der Waals surface area contributed by atoms with E-state index in [1.54, 1.807) is 12.1 Å². The summed E-state index contributed by atoms with van der Waals surface area (Å²) < 4.78 is 26.5. The lowest BCUT2D eigenvalue weighted by atomic mass is 10.3. The van der Waals surface area contributed by atoms with Crippen LogP contribution in [0.25, 0.3) is 0 Å². The minimum Gasteiger partial charge on any atom is -0.326 e. The molecule has 0 unspecified atom stereocenters. The molecule has 1 aromatic rings. The molecule has 5 nitrogen and oxygen atoms in total. The van der Waals surface area contributed by atoms with E-state index in [0.717, 1.165) is 12.8 Å². The van der Waals surface area contributed by atoms with Gasteiger partial charge in [-0.3, -0.25) is 4.79 Å². The second-order valence-electron chi connectivity index (χ2n) is 4.61. The SMILES string of the molecule is CCCN(CCC)S(=O)(=O)c1ccc(NC(C)=O)cc1. The van der Waals surface area contributed by atoms with E-state index in [1.165, 1.54) is 23.4 Å². The van der Waals surface area contributed by atoms with Gasteiger partial charge in [0, 0.05) is 25.7 Å². The Kier molecular flexibility index (Phi) is 6.16. The van der Waals surface area contributed by atoms with Gasteiger partial charge in [-0.25, -0.2) is 8.42 Å². The van der Waals surface area contributed by atoms with Crippen molar-refractivity contribution in [1.82, 2.24) is 4.31 Å². The van der Waals surface area contributed by atoms with E-state index in [0.29, 0.717) is 18.8 Å². The van der Waals surface area contributed by atoms with Gasteiger partial charge in [-0.15, -0.1) is 0 Å². The summed E-state index contributed by atoms with van der Waals surface area (Å²) >= 11 is 0. The summed E-state index contributed by atoms with van der Waals surface area (Å²) in [5, 5.41) is 2.62. The summed E-state index contributed by atoms with van der Waals surface area (Å²) in [6, 6.07) is 6.26. The van der Waals surface area contributed by atoms with Crippen LogP contribution in [-0.4, -0.2) is 31.7 Å². The molecule has 0 fully saturated rings. The number of nitrogens with zero attached hydrogens (tertiary/aromatic N) is 1. The molecule has 0 bridgehead atoms. The number of carbonyl (C=O) groups excluding carboxylic acids is 1. The zero-order chi connectivity index (χ0) is 15.2. The Morgan fingerprint density at radius 2 is 1.60 bits per heavy atom. The zero-order valence-electron chi connectivity index (χ0n) is 12.2. The first-order valence-electron chi connectivity index (χ1n) is 6.79. The molecule has 1 amide bonds.